The van der Waals surface area contributed by atoms with E-state index in [9.17, 15) is 9.59 Å². The van der Waals surface area contributed by atoms with Gasteiger partial charge in [-0.2, -0.15) is 0 Å². The van der Waals surface area contributed by atoms with Gasteiger partial charge in [0.05, 0.1) is 0 Å². The number of carbonyl (C=O) groups excluding carboxylic acids is 2. The van der Waals surface area contributed by atoms with Crippen LogP contribution in [0.15, 0.2) is 34.8 Å². The van der Waals surface area contributed by atoms with Gasteiger partial charge in [0.15, 0.2) is 0 Å². The van der Waals surface area contributed by atoms with Crippen LogP contribution in [-0.2, 0) is 16.0 Å². The summed E-state index contributed by atoms with van der Waals surface area (Å²) < 4.78 is 0.982. The van der Waals surface area contributed by atoms with Crippen molar-refractivity contribution in [2.45, 2.75) is 33.6 Å². The molecule has 0 spiro atoms. The molecule has 2 amide bonds. The first-order valence-corrected chi connectivity index (χ1v) is 9.11. The molecule has 1 N–H and O–H groups in total. The predicted octanol–water partition coefficient (Wildman–Crippen LogP) is 4.29. The molecule has 2 aromatic carbocycles. The molecular weight excluding hydrogens is 380 g/mol. The first-order chi connectivity index (χ1) is 11.8. The summed E-state index contributed by atoms with van der Waals surface area (Å²) in [6.45, 7) is 6.02. The summed E-state index contributed by atoms with van der Waals surface area (Å²) in [5.74, 6) is -0.193. The van der Waals surface area contributed by atoms with Crippen molar-refractivity contribution in [2.75, 3.05) is 16.8 Å². The monoisotopic (exact) mass is 400 g/mol. The van der Waals surface area contributed by atoms with E-state index in [1.807, 2.05) is 51.1 Å². The zero-order chi connectivity index (χ0) is 18.1. The van der Waals surface area contributed by atoms with E-state index in [-0.39, 0.29) is 18.4 Å². The Bertz CT molecular complexity index is 838. The van der Waals surface area contributed by atoms with Gasteiger partial charge >= 0.3 is 0 Å². The summed E-state index contributed by atoms with van der Waals surface area (Å²) in [5, 5.41) is 2.97. The fourth-order valence-electron chi connectivity index (χ4n) is 3.40. The summed E-state index contributed by atoms with van der Waals surface area (Å²) in [4.78, 5) is 26.5. The van der Waals surface area contributed by atoms with Crippen LogP contribution in [0.4, 0.5) is 11.4 Å². The van der Waals surface area contributed by atoms with Crippen LogP contribution in [0.25, 0.3) is 0 Å². The second kappa shape index (κ2) is 7.00. The highest BCUT2D eigenvalue weighted by atomic mass is 79.9. The highest BCUT2D eigenvalue weighted by Gasteiger charge is 2.26. The highest BCUT2D eigenvalue weighted by Crippen LogP contribution is 2.30. The Hall–Kier alpha value is -2.14. The molecule has 25 heavy (non-hydrogen) atoms. The van der Waals surface area contributed by atoms with E-state index in [0.29, 0.717) is 12.8 Å². The molecule has 0 radical (unpaired) electrons. The number of anilines is 2. The van der Waals surface area contributed by atoms with Crippen LogP contribution in [0.2, 0.25) is 0 Å². The lowest BCUT2D eigenvalue weighted by Gasteiger charge is -2.29. The number of carbonyl (C=O) groups is 2. The molecule has 1 aliphatic heterocycles. The van der Waals surface area contributed by atoms with Crippen LogP contribution in [0.1, 0.15) is 28.7 Å². The van der Waals surface area contributed by atoms with Crippen LogP contribution in [0.5, 0.6) is 0 Å². The molecule has 1 heterocycles. The summed E-state index contributed by atoms with van der Waals surface area (Å²) in [7, 11) is 0. The molecular formula is C20H21BrN2O2. The van der Waals surface area contributed by atoms with Crippen LogP contribution in [0.3, 0.4) is 0 Å². The molecule has 0 unspecified atom stereocenters. The van der Waals surface area contributed by atoms with Gasteiger partial charge in [-0.25, -0.2) is 0 Å². The molecule has 0 saturated carbocycles. The lowest BCUT2D eigenvalue weighted by molar-refractivity contribution is -0.121. The summed E-state index contributed by atoms with van der Waals surface area (Å²) in [6, 6.07) is 9.90. The van der Waals surface area contributed by atoms with Gasteiger partial charge in [0.2, 0.25) is 11.8 Å². The molecule has 0 aliphatic carbocycles. The lowest BCUT2D eigenvalue weighted by atomic mass is 10.0. The van der Waals surface area contributed by atoms with Crippen LogP contribution in [-0.4, -0.2) is 18.4 Å². The first-order valence-electron chi connectivity index (χ1n) is 8.31. The summed E-state index contributed by atoms with van der Waals surface area (Å²) >= 11 is 3.46. The van der Waals surface area contributed by atoms with E-state index >= 15 is 0 Å². The highest BCUT2D eigenvalue weighted by molar-refractivity contribution is 9.10. The van der Waals surface area contributed by atoms with Gasteiger partial charge in [0.1, 0.15) is 6.54 Å². The van der Waals surface area contributed by atoms with E-state index in [0.717, 1.165) is 32.5 Å². The number of amides is 2. The fraction of sp³-hybridized carbons (Fsp3) is 0.300. The van der Waals surface area contributed by atoms with E-state index in [1.54, 1.807) is 4.90 Å². The van der Waals surface area contributed by atoms with E-state index in [2.05, 4.69) is 21.2 Å². The first kappa shape index (κ1) is 17.7. The molecule has 0 saturated heterocycles. The molecule has 0 atom stereocenters. The number of fused-ring (bicyclic) bond motifs is 1. The maximum atomic E-state index is 12.6. The van der Waals surface area contributed by atoms with Crippen molar-refractivity contribution >= 4 is 39.1 Å². The third kappa shape index (κ3) is 3.76. The van der Waals surface area contributed by atoms with Crippen LogP contribution in [0, 0.1) is 20.8 Å². The minimum Gasteiger partial charge on any atom is -0.324 e. The average Bonchev–Trinajstić information content (AvgIpc) is 2.53. The number of nitrogens with one attached hydrogen (secondary N) is 1. The number of nitrogens with zero attached hydrogens (tertiary/aromatic N) is 1. The van der Waals surface area contributed by atoms with Crippen molar-refractivity contribution in [3.63, 3.8) is 0 Å². The maximum Gasteiger partial charge on any atom is 0.244 e. The second-order valence-corrected chi connectivity index (χ2v) is 7.49. The van der Waals surface area contributed by atoms with E-state index < -0.39 is 0 Å². The van der Waals surface area contributed by atoms with Gasteiger partial charge in [-0.1, -0.05) is 33.6 Å². The van der Waals surface area contributed by atoms with E-state index in [4.69, 9.17) is 0 Å². The van der Waals surface area contributed by atoms with Crippen molar-refractivity contribution in [3.8, 4) is 0 Å². The maximum absolute atomic E-state index is 12.6. The Morgan fingerprint density at radius 3 is 2.48 bits per heavy atom. The number of benzene rings is 2. The number of hydrogen-bond donors (Lipinski definition) is 1. The van der Waals surface area contributed by atoms with Crippen molar-refractivity contribution in [1.82, 2.24) is 0 Å². The van der Waals surface area contributed by atoms with Crippen molar-refractivity contribution in [1.29, 1.82) is 0 Å². The number of rotatable bonds is 3. The van der Waals surface area contributed by atoms with Gasteiger partial charge in [-0.05, 0) is 62.1 Å². The topological polar surface area (TPSA) is 49.4 Å². The molecule has 0 bridgehead atoms. The fourth-order valence-corrected chi connectivity index (χ4v) is 3.81. The lowest BCUT2D eigenvalue weighted by Crippen LogP contribution is -2.41. The summed E-state index contributed by atoms with van der Waals surface area (Å²) in [5.41, 5.74) is 5.96. The molecule has 2 aromatic rings. The number of halogens is 1. The minimum atomic E-state index is -0.181. The van der Waals surface area contributed by atoms with Gasteiger partial charge < -0.3 is 10.2 Å². The summed E-state index contributed by atoms with van der Waals surface area (Å²) in [6.07, 6.45) is 1.14. The smallest absolute Gasteiger partial charge is 0.244 e. The standard InChI is InChI=1S/C20H21BrN2O2/c1-12-8-13(2)20(14(3)9-12)22-18(24)11-23-17-6-5-16(21)10-15(17)4-7-19(23)25/h5-6,8-10H,4,7,11H2,1-3H3,(H,22,24). The average molecular weight is 401 g/mol. The molecule has 1 aliphatic rings. The third-order valence-corrected chi connectivity index (χ3v) is 4.98. The van der Waals surface area contributed by atoms with Crippen LogP contribution >= 0.6 is 15.9 Å². The quantitative estimate of drug-likeness (QED) is 0.834. The van der Waals surface area contributed by atoms with Crippen molar-refractivity contribution in [3.05, 3.63) is 57.1 Å². The molecule has 0 aromatic heterocycles. The number of aryl methyl sites for hydroxylation is 4. The molecule has 3 rings (SSSR count). The molecule has 0 fully saturated rings. The third-order valence-electron chi connectivity index (χ3n) is 4.48. The SMILES string of the molecule is Cc1cc(C)c(NC(=O)CN2C(=O)CCc3cc(Br)ccc32)c(C)c1. The molecule has 5 heteroatoms. The molecule has 130 valence electrons. The predicted molar refractivity (Wildman–Crippen MR) is 104 cm³/mol. The Balaban J connectivity index is 1.81. The normalized spacial score (nSPS) is 13.6. The van der Waals surface area contributed by atoms with Gasteiger partial charge in [-0.15, -0.1) is 0 Å². The second-order valence-electron chi connectivity index (χ2n) is 6.57. The van der Waals surface area contributed by atoms with Crippen molar-refractivity contribution in [2.24, 2.45) is 0 Å². The van der Waals surface area contributed by atoms with Gasteiger partial charge in [0.25, 0.3) is 0 Å². The van der Waals surface area contributed by atoms with Crippen molar-refractivity contribution < 1.29 is 9.59 Å². The Morgan fingerprint density at radius 1 is 1.12 bits per heavy atom. The minimum absolute atomic E-state index is 0.0117. The Kier molecular flexibility index (Phi) is 4.95. The van der Waals surface area contributed by atoms with Gasteiger partial charge in [0, 0.05) is 22.3 Å². The Morgan fingerprint density at radius 2 is 1.80 bits per heavy atom. The number of hydrogen-bond acceptors (Lipinski definition) is 2. The zero-order valence-corrected chi connectivity index (χ0v) is 16.2. The molecule has 4 nitrogen and oxygen atoms in total. The zero-order valence-electron chi connectivity index (χ0n) is 14.6. The van der Waals surface area contributed by atoms with Gasteiger partial charge in [-0.3, -0.25) is 9.59 Å². The Labute approximate surface area is 156 Å². The van der Waals surface area contributed by atoms with E-state index in [1.165, 1.54) is 5.56 Å². The largest absolute Gasteiger partial charge is 0.324 e. The van der Waals surface area contributed by atoms with Crippen LogP contribution < -0.4 is 10.2 Å².